The van der Waals surface area contributed by atoms with Gasteiger partial charge < -0.3 is 20.2 Å². The molecular weight excluding hydrogens is 328 g/mol. The normalized spacial score (nSPS) is 35.9. The van der Waals surface area contributed by atoms with Crippen LogP contribution in [0.4, 0.5) is 5.69 Å². The van der Waals surface area contributed by atoms with E-state index in [4.69, 9.17) is 4.84 Å². The van der Waals surface area contributed by atoms with Crippen molar-refractivity contribution >= 4 is 22.4 Å². The summed E-state index contributed by atoms with van der Waals surface area (Å²) in [6, 6.07) is 2.47. The average Bonchev–Trinajstić information content (AvgIpc) is 3.05. The van der Waals surface area contributed by atoms with Gasteiger partial charge in [-0.25, -0.2) is 4.98 Å². The number of aromatic amines is 1. The van der Waals surface area contributed by atoms with Crippen LogP contribution in [-0.2, 0) is 4.84 Å². The van der Waals surface area contributed by atoms with Crippen molar-refractivity contribution in [3.63, 3.8) is 0 Å². The highest BCUT2D eigenvalue weighted by atomic mass is 16.6. The number of aliphatic hydroxyl groups is 1. The Bertz CT molecular complexity index is 858. The Kier molecular flexibility index (Phi) is 3.54. The molecule has 2 aromatic rings. The van der Waals surface area contributed by atoms with Gasteiger partial charge in [-0.05, 0) is 62.8 Å². The maximum atomic E-state index is 10.9. The molecule has 2 heterocycles. The van der Waals surface area contributed by atoms with Crippen LogP contribution in [0.25, 0.3) is 11.0 Å². The van der Waals surface area contributed by atoms with Crippen LogP contribution in [0.3, 0.4) is 0 Å². The lowest BCUT2D eigenvalue weighted by Crippen LogP contribution is -2.59. The summed E-state index contributed by atoms with van der Waals surface area (Å²) in [5.74, 6) is 1.79. The lowest BCUT2D eigenvalue weighted by molar-refractivity contribution is -0.129. The number of hydrogen-bond acceptors (Lipinski definition) is 5. The van der Waals surface area contributed by atoms with E-state index in [1.807, 2.05) is 19.3 Å². The maximum absolute atomic E-state index is 10.9. The first kappa shape index (κ1) is 16.1. The average molecular weight is 354 g/mol. The molecule has 138 valence electrons. The molecule has 3 N–H and O–H groups in total. The van der Waals surface area contributed by atoms with E-state index in [0.717, 1.165) is 47.3 Å². The Labute approximate surface area is 153 Å². The molecule has 0 aliphatic heterocycles. The summed E-state index contributed by atoms with van der Waals surface area (Å²) in [6.45, 7) is 1.95. The van der Waals surface area contributed by atoms with Gasteiger partial charge in [0.25, 0.3) is 0 Å². The Morgan fingerprint density at radius 1 is 1.35 bits per heavy atom. The number of pyridine rings is 1. The van der Waals surface area contributed by atoms with Crippen LogP contribution in [0.1, 0.15) is 44.6 Å². The maximum Gasteiger partial charge on any atom is 0.139 e. The molecule has 0 spiro atoms. The summed E-state index contributed by atoms with van der Waals surface area (Å²) in [5.41, 5.74) is 3.34. The number of nitrogens with one attached hydrogen (secondary N) is 2. The highest BCUT2D eigenvalue weighted by Gasteiger charge is 2.54. The summed E-state index contributed by atoms with van der Waals surface area (Å²) < 4.78 is 0. The zero-order chi connectivity index (χ0) is 17.9. The van der Waals surface area contributed by atoms with Crippen molar-refractivity contribution in [3.05, 3.63) is 24.0 Å². The van der Waals surface area contributed by atoms with Crippen molar-refractivity contribution in [1.82, 2.24) is 9.97 Å². The van der Waals surface area contributed by atoms with Gasteiger partial charge in [0, 0.05) is 29.4 Å². The molecule has 0 saturated heterocycles. The third kappa shape index (κ3) is 2.42. The highest BCUT2D eigenvalue weighted by molar-refractivity contribution is 6.08. The van der Waals surface area contributed by atoms with Gasteiger partial charge in [0.2, 0.25) is 0 Å². The van der Waals surface area contributed by atoms with E-state index in [0.29, 0.717) is 23.8 Å². The monoisotopic (exact) mass is 354 g/mol. The van der Waals surface area contributed by atoms with Gasteiger partial charge in [-0.1, -0.05) is 5.16 Å². The fourth-order valence-corrected chi connectivity index (χ4v) is 6.01. The van der Waals surface area contributed by atoms with Crippen LogP contribution >= 0.6 is 0 Å². The van der Waals surface area contributed by atoms with Crippen molar-refractivity contribution < 1.29 is 9.94 Å². The molecule has 4 aliphatic rings. The van der Waals surface area contributed by atoms with E-state index in [2.05, 4.69) is 26.5 Å². The number of fused-ring (bicyclic) bond motifs is 1. The van der Waals surface area contributed by atoms with E-state index >= 15 is 0 Å². The second-order valence-electron chi connectivity index (χ2n) is 8.51. The summed E-state index contributed by atoms with van der Waals surface area (Å²) in [4.78, 5) is 12.7. The largest absolute Gasteiger partial charge is 0.399 e. The lowest BCUT2D eigenvalue weighted by atomic mass is 9.52. The van der Waals surface area contributed by atoms with Crippen molar-refractivity contribution in [2.75, 3.05) is 12.4 Å². The Balaban J connectivity index is 1.54. The lowest BCUT2D eigenvalue weighted by Gasteiger charge is -2.58. The highest BCUT2D eigenvalue weighted by Crippen LogP contribution is 2.56. The number of nitrogens with zero attached hydrogens (tertiary/aromatic N) is 2. The fourth-order valence-electron chi connectivity index (χ4n) is 6.01. The van der Waals surface area contributed by atoms with Gasteiger partial charge in [0.1, 0.15) is 12.8 Å². The van der Waals surface area contributed by atoms with Crippen LogP contribution in [0, 0.1) is 17.8 Å². The second-order valence-corrected chi connectivity index (χ2v) is 8.51. The van der Waals surface area contributed by atoms with Crippen LogP contribution in [0.15, 0.2) is 23.6 Å². The Hall–Kier alpha value is -2.08. The van der Waals surface area contributed by atoms with Crippen LogP contribution < -0.4 is 5.32 Å². The van der Waals surface area contributed by atoms with Gasteiger partial charge in [0.05, 0.1) is 17.0 Å². The minimum absolute atomic E-state index is 0.404. The number of anilines is 1. The molecular formula is C20H26N4O2. The molecule has 6 rings (SSSR count). The number of oxime groups is 1. The van der Waals surface area contributed by atoms with Gasteiger partial charge in [-0.2, -0.15) is 0 Å². The molecule has 4 aliphatic carbocycles. The summed E-state index contributed by atoms with van der Waals surface area (Å²) in [6.07, 6.45) is 9.13. The van der Waals surface area contributed by atoms with E-state index in [1.165, 1.54) is 12.8 Å². The van der Waals surface area contributed by atoms with Gasteiger partial charge in [-0.15, -0.1) is 0 Å². The van der Waals surface area contributed by atoms with E-state index in [9.17, 15) is 5.11 Å². The van der Waals surface area contributed by atoms with Gasteiger partial charge >= 0.3 is 0 Å². The summed E-state index contributed by atoms with van der Waals surface area (Å²) in [5, 5.41) is 19.9. The SMILES string of the molecule is CON=C(C)c1cnc2[nH]ccc2c1N[C@H]1C2CC3CC1C[C@@](O)(C3)C2. The van der Waals surface area contributed by atoms with E-state index < -0.39 is 5.60 Å². The first-order valence-corrected chi connectivity index (χ1v) is 9.59. The zero-order valence-electron chi connectivity index (χ0n) is 15.3. The minimum atomic E-state index is -0.410. The zero-order valence-corrected chi connectivity index (χ0v) is 15.3. The van der Waals surface area contributed by atoms with Crippen LogP contribution in [0.5, 0.6) is 0 Å². The molecule has 0 aromatic carbocycles. The third-order valence-electron chi connectivity index (χ3n) is 6.76. The predicted molar refractivity (Wildman–Crippen MR) is 101 cm³/mol. The number of hydrogen-bond donors (Lipinski definition) is 3. The van der Waals surface area contributed by atoms with Crippen molar-refractivity contribution in [2.24, 2.45) is 22.9 Å². The number of aromatic nitrogens is 2. The first-order chi connectivity index (χ1) is 12.6. The molecule has 26 heavy (non-hydrogen) atoms. The van der Waals surface area contributed by atoms with Crippen molar-refractivity contribution in [2.45, 2.75) is 50.7 Å². The topological polar surface area (TPSA) is 82.5 Å². The van der Waals surface area contributed by atoms with Gasteiger partial charge in [0.15, 0.2) is 0 Å². The van der Waals surface area contributed by atoms with Crippen molar-refractivity contribution in [3.8, 4) is 0 Å². The number of rotatable bonds is 4. The van der Waals surface area contributed by atoms with E-state index in [-0.39, 0.29) is 0 Å². The third-order valence-corrected chi connectivity index (χ3v) is 6.76. The molecule has 4 saturated carbocycles. The summed E-state index contributed by atoms with van der Waals surface area (Å²) >= 11 is 0. The molecule has 6 heteroatoms. The molecule has 2 aromatic heterocycles. The molecule has 4 bridgehead atoms. The minimum Gasteiger partial charge on any atom is -0.399 e. The molecule has 0 radical (unpaired) electrons. The molecule has 6 nitrogen and oxygen atoms in total. The van der Waals surface area contributed by atoms with Crippen LogP contribution in [0.2, 0.25) is 0 Å². The first-order valence-electron chi connectivity index (χ1n) is 9.59. The molecule has 4 fully saturated rings. The Morgan fingerprint density at radius 3 is 2.81 bits per heavy atom. The Morgan fingerprint density at radius 2 is 2.12 bits per heavy atom. The summed E-state index contributed by atoms with van der Waals surface area (Å²) in [7, 11) is 1.57. The second kappa shape index (κ2) is 5.71. The van der Waals surface area contributed by atoms with Gasteiger partial charge in [-0.3, -0.25) is 0 Å². The van der Waals surface area contributed by atoms with Crippen LogP contribution in [-0.4, -0.2) is 39.5 Å². The smallest absolute Gasteiger partial charge is 0.139 e. The standard InChI is InChI=1S/C20H26N4O2/c1-11(24-26-2)16-10-22-19-15(3-4-21-19)18(16)23-17-13-5-12-6-14(17)9-20(25,7-12)8-13/h3-4,10,12-14,17,25H,5-9H2,1-2H3,(H2,21,22,23)/t12?,13?,14?,17-,20+. The molecule has 0 amide bonds. The molecule has 2 unspecified atom stereocenters. The molecule has 2 atom stereocenters. The quantitative estimate of drug-likeness (QED) is 0.581. The van der Waals surface area contributed by atoms with Crippen molar-refractivity contribution in [1.29, 1.82) is 0 Å². The predicted octanol–water partition coefficient (Wildman–Crippen LogP) is 3.28. The van der Waals surface area contributed by atoms with E-state index in [1.54, 1.807) is 7.11 Å². The number of H-pyrrole nitrogens is 1. The fraction of sp³-hybridized carbons (Fsp3) is 0.600.